The maximum atomic E-state index is 13.0. The van der Waals surface area contributed by atoms with Crippen LogP contribution in [0.15, 0.2) is 71.8 Å². The molecule has 0 unspecified atom stereocenters. The van der Waals surface area contributed by atoms with Crippen LogP contribution < -0.4 is 20.9 Å². The molecule has 3 aromatic carbocycles. The minimum atomic E-state index is -4.64. The quantitative estimate of drug-likeness (QED) is 0.336. The van der Waals surface area contributed by atoms with Gasteiger partial charge in [-0.15, -0.1) is 0 Å². The van der Waals surface area contributed by atoms with E-state index in [0.717, 1.165) is 12.1 Å². The van der Waals surface area contributed by atoms with Crippen LogP contribution in [0.2, 0.25) is 5.02 Å². The molecule has 168 valence electrons. The average molecular weight is 475 g/mol. The first-order chi connectivity index (χ1) is 15.7. The number of amides is 2. The number of hydrogen-bond acceptors (Lipinski definition) is 4. The Balaban J connectivity index is 1.41. The van der Waals surface area contributed by atoms with Crippen molar-refractivity contribution in [2.45, 2.75) is 6.18 Å². The van der Waals surface area contributed by atoms with Crippen molar-refractivity contribution in [3.8, 4) is 11.5 Å². The van der Waals surface area contributed by atoms with Gasteiger partial charge >= 0.3 is 12.2 Å². The van der Waals surface area contributed by atoms with Gasteiger partial charge in [-0.25, -0.2) is 9.78 Å². The van der Waals surface area contributed by atoms with Crippen molar-refractivity contribution in [1.29, 1.82) is 0 Å². The highest BCUT2D eigenvalue weighted by Crippen LogP contribution is 2.36. The number of carbonyl (C=O) groups excluding carboxylic acids is 1. The highest BCUT2D eigenvalue weighted by Gasteiger charge is 2.33. The summed E-state index contributed by atoms with van der Waals surface area (Å²) in [6, 6.07) is 13.5. The number of rotatable bonds is 4. The summed E-state index contributed by atoms with van der Waals surface area (Å²) in [7, 11) is 0. The van der Waals surface area contributed by atoms with E-state index in [1.165, 1.54) is 12.4 Å². The lowest BCUT2D eigenvalue weighted by Gasteiger charge is -2.12. The topological polar surface area (TPSA) is 96.1 Å². The van der Waals surface area contributed by atoms with E-state index in [4.69, 9.17) is 16.3 Å². The number of halogens is 4. The second-order valence-electron chi connectivity index (χ2n) is 6.81. The second kappa shape index (κ2) is 8.83. The molecule has 0 spiro atoms. The summed E-state index contributed by atoms with van der Waals surface area (Å²) in [6.45, 7) is 0. The molecular formula is C22H14ClF3N4O3. The Labute approximate surface area is 189 Å². The highest BCUT2D eigenvalue weighted by molar-refractivity contribution is 6.31. The van der Waals surface area contributed by atoms with Gasteiger partial charge in [0.1, 0.15) is 11.5 Å². The summed E-state index contributed by atoms with van der Waals surface area (Å²) in [5.41, 5.74) is -0.498. The van der Waals surface area contributed by atoms with E-state index in [-0.39, 0.29) is 11.2 Å². The fourth-order valence-electron chi connectivity index (χ4n) is 2.97. The molecule has 0 saturated heterocycles. The van der Waals surface area contributed by atoms with Gasteiger partial charge in [-0.3, -0.25) is 4.79 Å². The second-order valence-corrected chi connectivity index (χ2v) is 7.22. The third kappa shape index (κ3) is 5.24. The number of H-pyrrole nitrogens is 1. The van der Waals surface area contributed by atoms with Crippen molar-refractivity contribution < 1.29 is 22.7 Å². The number of anilines is 2. The molecule has 0 aliphatic heterocycles. The Kier molecular flexibility index (Phi) is 5.93. The lowest BCUT2D eigenvalue weighted by Crippen LogP contribution is -2.19. The molecule has 0 saturated carbocycles. The summed E-state index contributed by atoms with van der Waals surface area (Å²) in [5.74, 6) is 0.857. The summed E-state index contributed by atoms with van der Waals surface area (Å²) < 4.78 is 44.6. The van der Waals surface area contributed by atoms with Crippen molar-refractivity contribution in [3.63, 3.8) is 0 Å². The minimum Gasteiger partial charge on any atom is -0.457 e. The molecule has 3 N–H and O–H groups in total. The van der Waals surface area contributed by atoms with Gasteiger partial charge in [0.2, 0.25) is 0 Å². The normalized spacial score (nSPS) is 11.3. The van der Waals surface area contributed by atoms with Crippen molar-refractivity contribution in [2.24, 2.45) is 0 Å². The third-order valence-corrected chi connectivity index (χ3v) is 4.82. The van der Waals surface area contributed by atoms with E-state index in [1.54, 1.807) is 42.5 Å². The summed E-state index contributed by atoms with van der Waals surface area (Å²) in [5, 5.41) is 4.75. The maximum Gasteiger partial charge on any atom is 0.417 e. The van der Waals surface area contributed by atoms with Gasteiger partial charge in [0.05, 0.1) is 27.8 Å². The van der Waals surface area contributed by atoms with Gasteiger partial charge in [0.15, 0.2) is 0 Å². The van der Waals surface area contributed by atoms with E-state index in [0.29, 0.717) is 28.1 Å². The van der Waals surface area contributed by atoms with Crippen LogP contribution in [0.4, 0.5) is 29.3 Å². The number of fused-ring (bicyclic) bond motifs is 1. The molecule has 4 aromatic rings. The van der Waals surface area contributed by atoms with Crippen LogP contribution in [0.3, 0.4) is 0 Å². The number of hydrogen-bond donors (Lipinski definition) is 3. The van der Waals surface area contributed by atoms with Crippen molar-refractivity contribution in [3.05, 3.63) is 87.9 Å². The number of alkyl halides is 3. The first-order valence-electron chi connectivity index (χ1n) is 9.39. The SMILES string of the molecule is O=C(Nc1ccc(Oc2ccc3nc[nH]c(=O)c3c2)cc1)Nc1ccc(Cl)c(C(F)(F)F)c1. The Morgan fingerprint density at radius 2 is 1.61 bits per heavy atom. The summed E-state index contributed by atoms with van der Waals surface area (Å²) in [4.78, 5) is 30.6. The predicted octanol–water partition coefficient (Wildman–Crippen LogP) is 6.03. The Hall–Kier alpha value is -4.05. The zero-order chi connectivity index (χ0) is 23.6. The van der Waals surface area contributed by atoms with Crippen LogP contribution in [0.25, 0.3) is 10.9 Å². The predicted molar refractivity (Wildman–Crippen MR) is 118 cm³/mol. The van der Waals surface area contributed by atoms with E-state index in [1.807, 2.05) is 0 Å². The number of aromatic nitrogens is 2. The third-order valence-electron chi connectivity index (χ3n) is 4.49. The zero-order valence-corrected chi connectivity index (χ0v) is 17.3. The number of benzene rings is 3. The van der Waals surface area contributed by atoms with Crippen molar-refractivity contribution in [1.82, 2.24) is 9.97 Å². The number of aromatic amines is 1. The molecule has 0 fully saturated rings. The molecule has 0 aliphatic carbocycles. The van der Waals surface area contributed by atoms with E-state index < -0.39 is 22.8 Å². The number of nitrogens with zero attached hydrogens (tertiary/aromatic N) is 1. The number of urea groups is 1. The van der Waals surface area contributed by atoms with Gasteiger partial charge in [-0.2, -0.15) is 13.2 Å². The van der Waals surface area contributed by atoms with Crippen LogP contribution in [0.1, 0.15) is 5.56 Å². The fourth-order valence-corrected chi connectivity index (χ4v) is 3.19. The molecule has 0 bridgehead atoms. The average Bonchev–Trinajstić information content (AvgIpc) is 2.76. The molecule has 0 aliphatic rings. The molecule has 2 amide bonds. The Bertz CT molecular complexity index is 1390. The van der Waals surface area contributed by atoms with Crippen LogP contribution >= 0.6 is 11.6 Å². The standard InChI is InChI=1S/C22H14ClF3N4O3/c23-18-7-3-13(9-17(18)22(24,25)26)30-21(32)29-12-1-4-14(5-2-12)33-15-6-8-19-16(10-15)20(31)28-11-27-19/h1-11H,(H,27,28,31)(H2,29,30,32). The first kappa shape index (κ1) is 22.2. The molecule has 7 nitrogen and oxygen atoms in total. The van der Waals surface area contributed by atoms with Crippen molar-refractivity contribution >= 4 is 39.9 Å². The van der Waals surface area contributed by atoms with E-state index in [9.17, 15) is 22.8 Å². The lowest BCUT2D eigenvalue weighted by molar-refractivity contribution is -0.137. The largest absolute Gasteiger partial charge is 0.457 e. The number of ether oxygens (including phenoxy) is 1. The van der Waals surface area contributed by atoms with Crippen LogP contribution in [-0.4, -0.2) is 16.0 Å². The zero-order valence-electron chi connectivity index (χ0n) is 16.5. The van der Waals surface area contributed by atoms with Gasteiger partial charge in [0.25, 0.3) is 5.56 Å². The first-order valence-corrected chi connectivity index (χ1v) is 9.77. The lowest BCUT2D eigenvalue weighted by atomic mass is 10.2. The molecule has 11 heteroatoms. The van der Waals surface area contributed by atoms with Crippen LogP contribution in [-0.2, 0) is 6.18 Å². The molecule has 33 heavy (non-hydrogen) atoms. The Morgan fingerprint density at radius 3 is 2.33 bits per heavy atom. The molecule has 0 atom stereocenters. The van der Waals surface area contributed by atoms with Gasteiger partial charge in [-0.05, 0) is 60.7 Å². The van der Waals surface area contributed by atoms with Crippen molar-refractivity contribution in [2.75, 3.05) is 10.6 Å². The highest BCUT2D eigenvalue weighted by atomic mass is 35.5. The van der Waals surface area contributed by atoms with Gasteiger partial charge in [0, 0.05) is 11.4 Å². The van der Waals surface area contributed by atoms with Gasteiger partial charge in [-0.1, -0.05) is 11.6 Å². The number of carbonyl (C=O) groups is 1. The molecular weight excluding hydrogens is 461 g/mol. The maximum absolute atomic E-state index is 13.0. The van der Waals surface area contributed by atoms with Crippen LogP contribution in [0, 0.1) is 0 Å². The van der Waals surface area contributed by atoms with Gasteiger partial charge < -0.3 is 20.4 Å². The minimum absolute atomic E-state index is 0.0649. The smallest absolute Gasteiger partial charge is 0.417 e. The molecule has 1 aromatic heterocycles. The van der Waals surface area contributed by atoms with E-state index in [2.05, 4.69) is 20.6 Å². The Morgan fingerprint density at radius 1 is 0.939 bits per heavy atom. The number of nitrogens with one attached hydrogen (secondary N) is 3. The molecule has 1 heterocycles. The fraction of sp³-hybridized carbons (Fsp3) is 0.0455. The summed E-state index contributed by atoms with van der Waals surface area (Å²) in [6.07, 6.45) is -3.33. The molecule has 4 rings (SSSR count). The van der Waals surface area contributed by atoms with Crippen LogP contribution in [0.5, 0.6) is 11.5 Å². The molecule has 0 radical (unpaired) electrons. The summed E-state index contributed by atoms with van der Waals surface area (Å²) >= 11 is 5.58. The van der Waals surface area contributed by atoms with E-state index >= 15 is 0 Å². The monoisotopic (exact) mass is 474 g/mol.